The number of nitriles is 1. The number of thiophene rings is 1. The van der Waals surface area contributed by atoms with Crippen molar-refractivity contribution in [2.24, 2.45) is 0 Å². The molecule has 3 rings (SSSR count). The lowest BCUT2D eigenvalue weighted by molar-refractivity contribution is -0.138. The highest BCUT2D eigenvalue weighted by molar-refractivity contribution is 7.16. The second kappa shape index (κ2) is 6.56. The predicted octanol–water partition coefficient (Wildman–Crippen LogP) is 2.44. The third kappa shape index (κ3) is 3.29. The zero-order valence-corrected chi connectivity index (χ0v) is 13.3. The van der Waals surface area contributed by atoms with E-state index in [1.54, 1.807) is 16.8 Å². The average Bonchev–Trinajstić information content (AvgIpc) is 3.20. The number of hydrogen-bond acceptors (Lipinski definition) is 4. The van der Waals surface area contributed by atoms with E-state index in [4.69, 9.17) is 10.4 Å². The highest BCUT2D eigenvalue weighted by Crippen LogP contribution is 2.30. The van der Waals surface area contributed by atoms with Gasteiger partial charge in [-0.2, -0.15) is 5.26 Å². The minimum absolute atomic E-state index is 0.0497. The lowest BCUT2D eigenvalue weighted by Crippen LogP contribution is -2.31. The van der Waals surface area contributed by atoms with E-state index in [1.807, 2.05) is 30.3 Å². The smallest absolute Gasteiger partial charge is 0.322 e. The Labute approximate surface area is 141 Å². The van der Waals surface area contributed by atoms with Gasteiger partial charge in [-0.3, -0.25) is 9.59 Å². The summed E-state index contributed by atoms with van der Waals surface area (Å²) in [4.78, 5) is 24.0. The second-order valence-corrected chi connectivity index (χ2v) is 6.25. The highest BCUT2D eigenvalue weighted by Gasteiger charge is 2.10. The Balaban J connectivity index is 1.87. The van der Waals surface area contributed by atoms with Gasteiger partial charge in [-0.1, -0.05) is 12.1 Å². The summed E-state index contributed by atoms with van der Waals surface area (Å²) in [6.07, 6.45) is 1.80. The largest absolute Gasteiger partial charge is 0.480 e. The van der Waals surface area contributed by atoms with E-state index in [9.17, 15) is 9.59 Å². The number of rotatable bonds is 5. The van der Waals surface area contributed by atoms with Gasteiger partial charge in [0.2, 0.25) is 5.91 Å². The van der Waals surface area contributed by atoms with E-state index >= 15 is 0 Å². The topological polar surface area (TPSA) is 95.1 Å². The highest BCUT2D eigenvalue weighted by atomic mass is 32.1. The molecule has 0 saturated carbocycles. The van der Waals surface area contributed by atoms with Crippen LogP contribution in [0.3, 0.4) is 0 Å². The van der Waals surface area contributed by atoms with Crippen LogP contribution < -0.4 is 5.32 Å². The van der Waals surface area contributed by atoms with Crippen molar-refractivity contribution in [1.29, 1.82) is 5.26 Å². The third-order valence-electron chi connectivity index (χ3n) is 3.53. The van der Waals surface area contributed by atoms with Crippen molar-refractivity contribution in [2.75, 3.05) is 6.54 Å². The van der Waals surface area contributed by atoms with Crippen LogP contribution in [0.5, 0.6) is 0 Å². The summed E-state index contributed by atoms with van der Waals surface area (Å²) >= 11 is 1.41. The number of carboxylic acid groups (broad SMARTS) is 1. The van der Waals surface area contributed by atoms with Gasteiger partial charge in [0, 0.05) is 16.6 Å². The average molecular weight is 339 g/mol. The monoisotopic (exact) mass is 339 g/mol. The van der Waals surface area contributed by atoms with Crippen molar-refractivity contribution in [2.45, 2.75) is 6.54 Å². The second-order valence-electron chi connectivity index (χ2n) is 5.16. The maximum atomic E-state index is 11.8. The molecule has 7 heteroatoms. The van der Waals surface area contributed by atoms with Gasteiger partial charge in [0.1, 0.15) is 24.0 Å². The Morgan fingerprint density at radius 1 is 1.25 bits per heavy atom. The summed E-state index contributed by atoms with van der Waals surface area (Å²) in [6.45, 7) is -0.344. The first-order valence-corrected chi connectivity index (χ1v) is 7.96. The molecule has 0 fully saturated rings. The van der Waals surface area contributed by atoms with Crippen LogP contribution in [0.25, 0.3) is 21.3 Å². The van der Waals surface area contributed by atoms with E-state index in [0.29, 0.717) is 4.88 Å². The summed E-state index contributed by atoms with van der Waals surface area (Å²) < 4.78 is 1.77. The van der Waals surface area contributed by atoms with Crippen LogP contribution in [0.15, 0.2) is 42.6 Å². The van der Waals surface area contributed by atoms with Crippen molar-refractivity contribution >= 4 is 34.1 Å². The minimum atomic E-state index is -1.08. The summed E-state index contributed by atoms with van der Waals surface area (Å²) in [5.74, 6) is -1.43. The van der Waals surface area contributed by atoms with Crippen LogP contribution in [-0.4, -0.2) is 28.1 Å². The molecule has 0 unspecified atom stereocenters. The van der Waals surface area contributed by atoms with Crippen LogP contribution >= 0.6 is 11.3 Å². The zero-order chi connectivity index (χ0) is 17.1. The van der Waals surface area contributed by atoms with Crippen molar-refractivity contribution in [3.8, 4) is 16.5 Å². The molecule has 0 aliphatic rings. The zero-order valence-electron chi connectivity index (χ0n) is 12.5. The van der Waals surface area contributed by atoms with E-state index in [2.05, 4.69) is 11.4 Å². The Bertz CT molecular complexity index is 965. The summed E-state index contributed by atoms with van der Waals surface area (Å²) in [5.41, 5.74) is 1.85. The van der Waals surface area contributed by atoms with E-state index in [-0.39, 0.29) is 12.5 Å². The molecule has 0 bridgehead atoms. The van der Waals surface area contributed by atoms with Crippen LogP contribution in [0.2, 0.25) is 0 Å². The van der Waals surface area contributed by atoms with Gasteiger partial charge in [-0.05, 0) is 35.2 Å². The normalized spacial score (nSPS) is 10.5. The number of carboxylic acids is 1. The van der Waals surface area contributed by atoms with Gasteiger partial charge in [-0.15, -0.1) is 11.3 Å². The third-order valence-corrected chi connectivity index (χ3v) is 4.56. The molecule has 0 radical (unpaired) electrons. The summed E-state index contributed by atoms with van der Waals surface area (Å²) in [7, 11) is 0. The number of aliphatic carboxylic acids is 1. The van der Waals surface area contributed by atoms with Crippen molar-refractivity contribution in [3.05, 3.63) is 47.5 Å². The number of carbonyl (C=O) groups excluding carboxylic acids is 1. The Kier molecular flexibility index (Phi) is 4.31. The molecular weight excluding hydrogens is 326 g/mol. The number of nitrogens with zero attached hydrogens (tertiary/aromatic N) is 2. The molecule has 0 aliphatic carbocycles. The molecule has 0 atom stereocenters. The molecule has 24 heavy (non-hydrogen) atoms. The van der Waals surface area contributed by atoms with Gasteiger partial charge in [0.25, 0.3) is 0 Å². The van der Waals surface area contributed by atoms with Gasteiger partial charge >= 0.3 is 5.97 Å². The van der Waals surface area contributed by atoms with Crippen molar-refractivity contribution in [3.63, 3.8) is 0 Å². The lowest BCUT2D eigenvalue weighted by Gasteiger charge is -2.07. The standard InChI is InChI=1S/C17H13N3O3S/c18-8-13-3-4-15(24-13)12-2-1-11-5-6-20(14(11)7-12)10-16(21)19-9-17(22)23/h1-7H,9-10H2,(H,19,21)(H,22,23). The van der Waals surface area contributed by atoms with Crippen LogP contribution in [0, 0.1) is 11.3 Å². The molecule has 0 spiro atoms. The maximum Gasteiger partial charge on any atom is 0.322 e. The molecule has 2 heterocycles. The Morgan fingerprint density at radius 3 is 2.79 bits per heavy atom. The van der Waals surface area contributed by atoms with Gasteiger partial charge < -0.3 is 15.0 Å². The van der Waals surface area contributed by atoms with Gasteiger partial charge in [-0.25, -0.2) is 0 Å². The molecule has 1 amide bonds. The first-order valence-electron chi connectivity index (χ1n) is 7.14. The number of nitrogens with one attached hydrogen (secondary N) is 1. The number of fused-ring (bicyclic) bond motifs is 1. The first kappa shape index (κ1) is 15.8. The molecule has 120 valence electrons. The quantitative estimate of drug-likeness (QED) is 0.746. The molecule has 6 nitrogen and oxygen atoms in total. The minimum Gasteiger partial charge on any atom is -0.480 e. The number of carbonyl (C=O) groups is 2. The summed E-state index contributed by atoms with van der Waals surface area (Å²) in [5, 5.41) is 20.9. The van der Waals surface area contributed by atoms with Crippen LogP contribution in [-0.2, 0) is 16.1 Å². The Morgan fingerprint density at radius 2 is 2.08 bits per heavy atom. The lowest BCUT2D eigenvalue weighted by atomic mass is 10.1. The molecule has 0 aliphatic heterocycles. The first-order chi connectivity index (χ1) is 11.6. The van der Waals surface area contributed by atoms with Crippen LogP contribution in [0.1, 0.15) is 4.88 Å². The molecule has 2 N–H and O–H groups in total. The van der Waals surface area contributed by atoms with E-state index in [1.165, 1.54) is 11.3 Å². The van der Waals surface area contributed by atoms with Gasteiger partial charge in [0.05, 0.1) is 0 Å². The number of aromatic nitrogens is 1. The SMILES string of the molecule is N#Cc1ccc(-c2ccc3ccn(CC(=O)NCC(=O)O)c3c2)s1. The van der Waals surface area contributed by atoms with Crippen LogP contribution in [0.4, 0.5) is 0 Å². The van der Waals surface area contributed by atoms with Gasteiger partial charge in [0.15, 0.2) is 0 Å². The molecule has 3 aromatic rings. The number of benzene rings is 1. The number of hydrogen-bond donors (Lipinski definition) is 2. The van der Waals surface area contributed by atoms with E-state index < -0.39 is 12.5 Å². The maximum absolute atomic E-state index is 11.8. The fourth-order valence-corrected chi connectivity index (χ4v) is 3.21. The van der Waals surface area contributed by atoms with Crippen molar-refractivity contribution in [1.82, 2.24) is 9.88 Å². The molecule has 1 aromatic carbocycles. The fraction of sp³-hybridized carbons (Fsp3) is 0.118. The number of amides is 1. The summed E-state index contributed by atoms with van der Waals surface area (Å²) in [6, 6.07) is 13.6. The molecule has 2 aromatic heterocycles. The van der Waals surface area contributed by atoms with E-state index in [0.717, 1.165) is 21.3 Å². The van der Waals surface area contributed by atoms with Crippen molar-refractivity contribution < 1.29 is 14.7 Å². The molecular formula is C17H13N3O3S. The fourth-order valence-electron chi connectivity index (χ4n) is 2.41. The molecule has 0 saturated heterocycles. The Hall–Kier alpha value is -3.11. The predicted molar refractivity (Wildman–Crippen MR) is 90.6 cm³/mol.